The van der Waals surface area contributed by atoms with Crippen LogP contribution in [0.3, 0.4) is 0 Å². The van der Waals surface area contributed by atoms with Gasteiger partial charge >= 0.3 is 0 Å². The molecule has 0 aromatic heterocycles. The van der Waals surface area contributed by atoms with Gasteiger partial charge in [-0.25, -0.2) is 0 Å². The van der Waals surface area contributed by atoms with Crippen LogP contribution in [0.4, 0.5) is 0 Å². The summed E-state index contributed by atoms with van der Waals surface area (Å²) in [6.45, 7) is 2.27. The first-order valence-electron chi connectivity index (χ1n) is 8.40. The normalized spacial score (nSPS) is 12.0. The Balaban J connectivity index is 1.99. The highest BCUT2D eigenvalue weighted by molar-refractivity contribution is 5.50. The van der Waals surface area contributed by atoms with Gasteiger partial charge in [-0.1, -0.05) is 106 Å². The van der Waals surface area contributed by atoms with Crippen LogP contribution in [0.1, 0.15) is 63.9 Å². The summed E-state index contributed by atoms with van der Waals surface area (Å²) in [6, 6.07) is 11.2. The maximum absolute atomic E-state index is 3.17. The molecule has 0 amide bonds. The minimum absolute atomic E-state index is 1.12. The van der Waals surface area contributed by atoms with Crippen molar-refractivity contribution in [3.8, 4) is 0 Å². The third kappa shape index (κ3) is 10.8. The van der Waals surface area contributed by atoms with Crippen molar-refractivity contribution in [3.05, 3.63) is 66.3 Å². The number of allylic oxidation sites excluding steroid dienone is 5. The third-order valence-corrected chi connectivity index (χ3v) is 3.45. The molecule has 0 saturated carbocycles. The molecule has 1 aromatic rings. The Kier molecular flexibility index (Phi) is 11.2. The number of hydrogen-bond acceptors (Lipinski definition) is 0. The monoisotopic (exact) mass is 281 g/mol. The van der Waals surface area contributed by atoms with Crippen molar-refractivity contribution < 1.29 is 0 Å². The standard InChI is InChI=1S/C21H29/c1-2-3-4-5-6-7-8-9-10-11-12-13-15-18-21-19-16-14-17-20-21/h10-19H,2-9H2,1H3. The molecule has 0 atom stereocenters. The van der Waals surface area contributed by atoms with E-state index in [1.807, 2.05) is 18.2 Å². The van der Waals surface area contributed by atoms with Crippen LogP contribution in [-0.4, -0.2) is 0 Å². The fourth-order valence-electron chi connectivity index (χ4n) is 2.19. The first kappa shape index (κ1) is 17.5. The van der Waals surface area contributed by atoms with Gasteiger partial charge in [0.15, 0.2) is 0 Å². The molecule has 1 aromatic carbocycles. The average molecular weight is 281 g/mol. The van der Waals surface area contributed by atoms with Crippen molar-refractivity contribution in [3.63, 3.8) is 0 Å². The maximum Gasteiger partial charge on any atom is -0.0105 e. The molecular weight excluding hydrogens is 252 g/mol. The Morgan fingerprint density at radius 3 is 2.38 bits per heavy atom. The highest BCUT2D eigenvalue weighted by Crippen LogP contribution is 2.08. The maximum atomic E-state index is 3.17. The van der Waals surface area contributed by atoms with Gasteiger partial charge in [-0.15, -0.1) is 0 Å². The van der Waals surface area contributed by atoms with E-state index in [-0.39, 0.29) is 0 Å². The number of hydrogen-bond donors (Lipinski definition) is 0. The predicted octanol–water partition coefficient (Wildman–Crippen LogP) is 6.75. The minimum Gasteiger partial charge on any atom is -0.0845 e. The lowest BCUT2D eigenvalue weighted by atomic mass is 10.1. The molecule has 1 radical (unpaired) electrons. The van der Waals surface area contributed by atoms with E-state index in [0.717, 1.165) is 5.56 Å². The molecule has 0 nitrogen and oxygen atoms in total. The zero-order valence-electron chi connectivity index (χ0n) is 13.4. The summed E-state index contributed by atoms with van der Waals surface area (Å²) in [5.74, 6) is 0. The van der Waals surface area contributed by atoms with Gasteiger partial charge in [-0.3, -0.25) is 0 Å². The largest absolute Gasteiger partial charge is 0.0845 e. The lowest BCUT2D eigenvalue weighted by Gasteiger charge is -1.98. The van der Waals surface area contributed by atoms with Crippen molar-refractivity contribution >= 4 is 6.08 Å². The van der Waals surface area contributed by atoms with Gasteiger partial charge in [-0.2, -0.15) is 0 Å². The highest BCUT2D eigenvalue weighted by Gasteiger charge is 1.88. The van der Waals surface area contributed by atoms with Crippen LogP contribution in [0.2, 0.25) is 0 Å². The molecule has 0 aliphatic heterocycles. The molecule has 0 heteroatoms. The van der Waals surface area contributed by atoms with E-state index in [1.165, 1.54) is 51.4 Å². The van der Waals surface area contributed by atoms with Gasteiger partial charge in [0.1, 0.15) is 0 Å². The number of unbranched alkanes of at least 4 members (excludes halogenated alkanes) is 7. The van der Waals surface area contributed by atoms with Gasteiger partial charge in [-0.05, 0) is 24.5 Å². The molecule has 0 spiro atoms. The molecule has 0 fully saturated rings. The lowest BCUT2D eigenvalue weighted by molar-refractivity contribution is 0.592. The lowest BCUT2D eigenvalue weighted by Crippen LogP contribution is -1.78. The molecular formula is C21H29. The topological polar surface area (TPSA) is 0 Å². The third-order valence-electron chi connectivity index (χ3n) is 3.45. The number of benzene rings is 1. The molecule has 0 aliphatic rings. The zero-order valence-corrected chi connectivity index (χ0v) is 13.4. The van der Waals surface area contributed by atoms with Crippen molar-refractivity contribution in [1.29, 1.82) is 0 Å². The summed E-state index contributed by atoms with van der Waals surface area (Å²) in [5, 5.41) is 0. The van der Waals surface area contributed by atoms with E-state index >= 15 is 0 Å². The fourth-order valence-corrected chi connectivity index (χ4v) is 2.19. The van der Waals surface area contributed by atoms with Crippen LogP contribution < -0.4 is 0 Å². The van der Waals surface area contributed by atoms with E-state index in [0.29, 0.717) is 0 Å². The summed E-state index contributed by atoms with van der Waals surface area (Å²) < 4.78 is 0. The Bertz CT molecular complexity index is 409. The first-order chi connectivity index (χ1) is 10.4. The Labute approximate surface area is 131 Å². The molecule has 0 N–H and O–H groups in total. The minimum atomic E-state index is 1.12. The second-order valence-electron chi connectivity index (χ2n) is 5.40. The Hall–Kier alpha value is -1.56. The van der Waals surface area contributed by atoms with Crippen LogP contribution in [0.5, 0.6) is 0 Å². The smallest absolute Gasteiger partial charge is 0.0105 e. The van der Waals surface area contributed by atoms with Crippen LogP contribution in [0, 0.1) is 6.07 Å². The van der Waals surface area contributed by atoms with E-state index in [9.17, 15) is 0 Å². The Morgan fingerprint density at radius 1 is 0.857 bits per heavy atom. The second kappa shape index (κ2) is 13.4. The first-order valence-corrected chi connectivity index (χ1v) is 8.40. The van der Waals surface area contributed by atoms with Crippen molar-refractivity contribution in [2.75, 3.05) is 0 Å². The molecule has 0 saturated heterocycles. The van der Waals surface area contributed by atoms with Crippen LogP contribution in [0.25, 0.3) is 6.08 Å². The van der Waals surface area contributed by atoms with Gasteiger partial charge in [0.05, 0.1) is 0 Å². The van der Waals surface area contributed by atoms with Gasteiger partial charge in [0.25, 0.3) is 0 Å². The van der Waals surface area contributed by atoms with Crippen molar-refractivity contribution in [2.24, 2.45) is 0 Å². The van der Waals surface area contributed by atoms with Gasteiger partial charge in [0, 0.05) is 0 Å². The summed E-state index contributed by atoms with van der Waals surface area (Å²) in [6.07, 6.45) is 23.6. The van der Waals surface area contributed by atoms with E-state index in [1.54, 1.807) is 0 Å². The molecule has 0 aliphatic carbocycles. The SMILES string of the molecule is CCCCCCCCCC=CC=CC=Cc1[c]cccc1. The van der Waals surface area contributed by atoms with Gasteiger partial charge < -0.3 is 0 Å². The Morgan fingerprint density at radius 2 is 1.62 bits per heavy atom. The van der Waals surface area contributed by atoms with E-state index < -0.39 is 0 Å². The van der Waals surface area contributed by atoms with Crippen molar-refractivity contribution in [2.45, 2.75) is 58.3 Å². The quantitative estimate of drug-likeness (QED) is 0.311. The molecule has 0 bridgehead atoms. The molecule has 1 rings (SSSR count). The van der Waals surface area contributed by atoms with Crippen LogP contribution in [-0.2, 0) is 0 Å². The molecule has 0 heterocycles. The molecule has 21 heavy (non-hydrogen) atoms. The molecule has 113 valence electrons. The van der Waals surface area contributed by atoms with E-state index in [4.69, 9.17) is 0 Å². The summed E-state index contributed by atoms with van der Waals surface area (Å²) in [4.78, 5) is 0. The average Bonchev–Trinajstić information content (AvgIpc) is 2.53. The van der Waals surface area contributed by atoms with Crippen LogP contribution in [0.15, 0.2) is 54.6 Å². The number of rotatable bonds is 11. The summed E-state index contributed by atoms with van der Waals surface area (Å²) >= 11 is 0. The summed E-state index contributed by atoms with van der Waals surface area (Å²) in [7, 11) is 0. The fraction of sp³-hybridized carbons (Fsp3) is 0.429. The van der Waals surface area contributed by atoms with E-state index in [2.05, 4.69) is 55.5 Å². The highest BCUT2D eigenvalue weighted by atomic mass is 13.9. The zero-order chi connectivity index (χ0) is 15.0. The predicted molar refractivity (Wildman–Crippen MR) is 95.2 cm³/mol. The van der Waals surface area contributed by atoms with Crippen LogP contribution >= 0.6 is 0 Å². The summed E-state index contributed by atoms with van der Waals surface area (Å²) in [5.41, 5.74) is 1.12. The van der Waals surface area contributed by atoms with Crippen molar-refractivity contribution in [1.82, 2.24) is 0 Å². The second-order valence-corrected chi connectivity index (χ2v) is 5.40. The molecule has 0 unspecified atom stereocenters. The van der Waals surface area contributed by atoms with Gasteiger partial charge in [0.2, 0.25) is 0 Å².